The molecule has 0 radical (unpaired) electrons. The highest BCUT2D eigenvalue weighted by Gasteiger charge is 2.16. The first-order chi connectivity index (χ1) is 16.8. The highest BCUT2D eigenvalue weighted by molar-refractivity contribution is 5.64. The average molecular weight is 471 g/mol. The van der Waals surface area contributed by atoms with Crippen LogP contribution in [0.5, 0.6) is 0 Å². The van der Waals surface area contributed by atoms with Gasteiger partial charge in [0.15, 0.2) is 0 Å². The molecular formula is C33H46N2. The molecule has 2 heteroatoms. The van der Waals surface area contributed by atoms with Gasteiger partial charge in [-0.1, -0.05) is 107 Å². The molecule has 3 aromatic carbocycles. The molecular weight excluding hydrogens is 424 g/mol. The number of hydrogen-bond acceptors (Lipinski definition) is 2. The molecule has 4 N–H and O–H groups in total. The monoisotopic (exact) mass is 470 g/mol. The Bertz CT molecular complexity index is 1030. The molecule has 0 aliphatic rings. The lowest BCUT2D eigenvalue weighted by atomic mass is 9.85. The van der Waals surface area contributed by atoms with Crippen LogP contribution in [0.15, 0.2) is 72.8 Å². The number of nitrogens with two attached hydrogens (primary N) is 2. The van der Waals surface area contributed by atoms with E-state index in [0.717, 1.165) is 19.3 Å². The Morgan fingerprint density at radius 3 is 1.77 bits per heavy atom. The number of hydrogen-bond donors (Lipinski definition) is 2. The van der Waals surface area contributed by atoms with Crippen molar-refractivity contribution in [2.24, 2.45) is 23.3 Å². The van der Waals surface area contributed by atoms with Crippen molar-refractivity contribution in [2.45, 2.75) is 71.6 Å². The summed E-state index contributed by atoms with van der Waals surface area (Å²) >= 11 is 0. The van der Waals surface area contributed by atoms with E-state index < -0.39 is 0 Å². The van der Waals surface area contributed by atoms with Gasteiger partial charge in [-0.05, 0) is 95.3 Å². The SMILES string of the molecule is CC(C)C[C@H](CN)c1cccc(-c2ccc(CC(C)C[C@H](CN)c3cccc(C(C)C)c3)cc2)c1. The van der Waals surface area contributed by atoms with E-state index in [-0.39, 0.29) is 0 Å². The minimum atomic E-state index is 0.409. The van der Waals surface area contributed by atoms with Crippen molar-refractivity contribution in [2.75, 3.05) is 13.1 Å². The van der Waals surface area contributed by atoms with Crippen molar-refractivity contribution in [3.8, 4) is 11.1 Å². The lowest BCUT2D eigenvalue weighted by Crippen LogP contribution is -2.17. The van der Waals surface area contributed by atoms with E-state index in [0.29, 0.717) is 42.7 Å². The largest absolute Gasteiger partial charge is 0.330 e. The van der Waals surface area contributed by atoms with Crippen molar-refractivity contribution in [3.63, 3.8) is 0 Å². The minimum Gasteiger partial charge on any atom is -0.330 e. The first kappa shape index (κ1) is 27.2. The Hall–Kier alpha value is -2.42. The second kappa shape index (κ2) is 13.0. The molecule has 2 nitrogen and oxygen atoms in total. The predicted molar refractivity (Wildman–Crippen MR) is 153 cm³/mol. The molecule has 0 aliphatic carbocycles. The van der Waals surface area contributed by atoms with Crippen LogP contribution in [0, 0.1) is 11.8 Å². The molecule has 0 fully saturated rings. The van der Waals surface area contributed by atoms with Gasteiger partial charge in [0, 0.05) is 0 Å². The summed E-state index contributed by atoms with van der Waals surface area (Å²) < 4.78 is 0. The van der Waals surface area contributed by atoms with Gasteiger partial charge in [-0.3, -0.25) is 0 Å². The Morgan fingerprint density at radius 1 is 0.600 bits per heavy atom. The highest BCUT2D eigenvalue weighted by Crippen LogP contribution is 2.30. The van der Waals surface area contributed by atoms with E-state index in [1.807, 2.05) is 0 Å². The van der Waals surface area contributed by atoms with Crippen LogP contribution in [0.3, 0.4) is 0 Å². The Kier molecular flexibility index (Phi) is 10.1. The molecule has 0 aliphatic heterocycles. The molecule has 188 valence electrons. The maximum atomic E-state index is 6.22. The topological polar surface area (TPSA) is 52.0 Å². The van der Waals surface area contributed by atoms with Crippen LogP contribution >= 0.6 is 0 Å². The van der Waals surface area contributed by atoms with Crippen LogP contribution in [0.4, 0.5) is 0 Å². The fourth-order valence-corrected chi connectivity index (χ4v) is 5.25. The second-order valence-electron chi connectivity index (χ2n) is 11.2. The first-order valence-corrected chi connectivity index (χ1v) is 13.5. The summed E-state index contributed by atoms with van der Waals surface area (Å²) in [5.41, 5.74) is 20.4. The van der Waals surface area contributed by atoms with Crippen LogP contribution in [-0.4, -0.2) is 13.1 Å². The van der Waals surface area contributed by atoms with Gasteiger partial charge in [-0.15, -0.1) is 0 Å². The summed E-state index contributed by atoms with van der Waals surface area (Å²) in [6.45, 7) is 12.8. The molecule has 0 saturated carbocycles. The van der Waals surface area contributed by atoms with E-state index in [4.69, 9.17) is 11.5 Å². The van der Waals surface area contributed by atoms with E-state index in [2.05, 4.69) is 107 Å². The molecule has 3 aromatic rings. The molecule has 3 rings (SSSR count). The standard InChI is InChI=1S/C33H46N2/c1-23(2)16-32(21-34)31-11-7-9-29(20-31)27-14-12-26(13-15-27)17-25(5)18-33(22-35)30-10-6-8-28(19-30)24(3)4/h6-15,19-20,23-25,32-33H,16-18,21-22,34-35H2,1-5H3/t25?,32-,33-/m1/s1. The van der Waals surface area contributed by atoms with Gasteiger partial charge >= 0.3 is 0 Å². The number of benzene rings is 3. The van der Waals surface area contributed by atoms with Crippen molar-refractivity contribution in [1.82, 2.24) is 0 Å². The summed E-state index contributed by atoms with van der Waals surface area (Å²) in [5, 5.41) is 0. The Labute approximate surface area is 214 Å². The molecule has 35 heavy (non-hydrogen) atoms. The smallest absolute Gasteiger partial charge is 0.000813 e. The Morgan fingerprint density at radius 2 is 1.17 bits per heavy atom. The van der Waals surface area contributed by atoms with Crippen LogP contribution in [0.25, 0.3) is 11.1 Å². The van der Waals surface area contributed by atoms with Gasteiger partial charge in [-0.25, -0.2) is 0 Å². The summed E-state index contributed by atoms with van der Waals surface area (Å²) in [5.74, 6) is 2.59. The van der Waals surface area contributed by atoms with Crippen LogP contribution in [-0.2, 0) is 6.42 Å². The van der Waals surface area contributed by atoms with Gasteiger partial charge in [-0.2, -0.15) is 0 Å². The molecule has 0 spiro atoms. The van der Waals surface area contributed by atoms with E-state index in [1.54, 1.807) is 0 Å². The molecule has 0 heterocycles. The zero-order valence-electron chi connectivity index (χ0n) is 22.5. The molecule has 0 bridgehead atoms. The van der Waals surface area contributed by atoms with Gasteiger partial charge in [0.1, 0.15) is 0 Å². The third kappa shape index (κ3) is 7.78. The Balaban J connectivity index is 1.66. The minimum absolute atomic E-state index is 0.409. The molecule has 0 aromatic heterocycles. The molecule has 1 unspecified atom stereocenters. The fraction of sp³-hybridized carbons (Fsp3) is 0.455. The summed E-state index contributed by atoms with van der Waals surface area (Å²) in [7, 11) is 0. The highest BCUT2D eigenvalue weighted by atomic mass is 14.6. The van der Waals surface area contributed by atoms with Gasteiger partial charge < -0.3 is 11.5 Å². The maximum Gasteiger partial charge on any atom is -0.000813 e. The summed E-state index contributed by atoms with van der Waals surface area (Å²) in [4.78, 5) is 0. The van der Waals surface area contributed by atoms with Crippen LogP contribution in [0.1, 0.15) is 87.5 Å². The van der Waals surface area contributed by atoms with Gasteiger partial charge in [0.2, 0.25) is 0 Å². The maximum absolute atomic E-state index is 6.22. The van der Waals surface area contributed by atoms with Crippen LogP contribution < -0.4 is 11.5 Å². The predicted octanol–water partition coefficient (Wildman–Crippen LogP) is 7.88. The zero-order chi connectivity index (χ0) is 25.4. The van der Waals surface area contributed by atoms with Crippen molar-refractivity contribution < 1.29 is 0 Å². The third-order valence-electron chi connectivity index (χ3n) is 7.29. The van der Waals surface area contributed by atoms with Crippen molar-refractivity contribution >= 4 is 0 Å². The van der Waals surface area contributed by atoms with E-state index in [9.17, 15) is 0 Å². The second-order valence-corrected chi connectivity index (χ2v) is 11.2. The normalized spacial score (nSPS) is 14.3. The average Bonchev–Trinajstić information content (AvgIpc) is 2.86. The molecule has 0 saturated heterocycles. The zero-order valence-corrected chi connectivity index (χ0v) is 22.5. The quantitative estimate of drug-likeness (QED) is 0.283. The van der Waals surface area contributed by atoms with Crippen LogP contribution in [0.2, 0.25) is 0 Å². The van der Waals surface area contributed by atoms with Gasteiger partial charge in [0.25, 0.3) is 0 Å². The number of rotatable bonds is 12. The lowest BCUT2D eigenvalue weighted by Gasteiger charge is -2.21. The van der Waals surface area contributed by atoms with Crippen molar-refractivity contribution in [1.29, 1.82) is 0 Å². The van der Waals surface area contributed by atoms with Gasteiger partial charge in [0.05, 0.1) is 0 Å². The molecule has 0 amide bonds. The molecule has 3 atom stereocenters. The summed E-state index contributed by atoms with van der Waals surface area (Å²) in [6.07, 6.45) is 3.31. The first-order valence-electron chi connectivity index (χ1n) is 13.5. The lowest BCUT2D eigenvalue weighted by molar-refractivity contribution is 0.467. The summed E-state index contributed by atoms with van der Waals surface area (Å²) in [6, 6.07) is 27.1. The third-order valence-corrected chi connectivity index (χ3v) is 7.29. The fourth-order valence-electron chi connectivity index (χ4n) is 5.25. The van der Waals surface area contributed by atoms with Crippen molar-refractivity contribution in [3.05, 3.63) is 95.1 Å². The van der Waals surface area contributed by atoms with E-state index in [1.165, 1.54) is 33.4 Å². The van der Waals surface area contributed by atoms with E-state index >= 15 is 0 Å².